The molecule has 0 saturated carbocycles. The molecule has 2 aromatic carbocycles. The Hall–Kier alpha value is -1.12. The van der Waals surface area contributed by atoms with Gasteiger partial charge in [-0.2, -0.15) is 0 Å². The zero-order valence-electron chi connectivity index (χ0n) is 9.97. The molecule has 0 bridgehead atoms. The molecule has 0 unspecified atom stereocenters. The Bertz CT molecular complexity index is 399. The van der Waals surface area contributed by atoms with Gasteiger partial charge in [-0.1, -0.05) is 67.6 Å². The van der Waals surface area contributed by atoms with E-state index in [1.165, 1.54) is 11.1 Å². The van der Waals surface area contributed by atoms with Gasteiger partial charge in [0.05, 0.1) is 5.54 Å². The summed E-state index contributed by atoms with van der Waals surface area (Å²) in [5.74, 6) is 0. The van der Waals surface area contributed by atoms with Crippen LogP contribution in [0.3, 0.4) is 0 Å². The van der Waals surface area contributed by atoms with Crippen LogP contribution in [0.15, 0.2) is 60.7 Å². The maximum absolute atomic E-state index is 6.54. The molecule has 0 aliphatic rings. The Morgan fingerprint density at radius 1 is 0.824 bits per heavy atom. The van der Waals surface area contributed by atoms with Crippen molar-refractivity contribution in [2.24, 2.45) is 5.73 Å². The van der Waals surface area contributed by atoms with Crippen LogP contribution >= 0.6 is 17.0 Å². The molecule has 0 heterocycles. The van der Waals surface area contributed by atoms with Crippen molar-refractivity contribution in [1.29, 1.82) is 0 Å². The highest BCUT2D eigenvalue weighted by atomic mass is 79.9. The highest BCUT2D eigenvalue weighted by Gasteiger charge is 2.26. The first-order chi connectivity index (χ1) is 7.77. The van der Waals surface area contributed by atoms with Crippen molar-refractivity contribution in [3.63, 3.8) is 0 Å². The molecule has 0 atom stereocenters. The maximum Gasteiger partial charge on any atom is 0.0662 e. The highest BCUT2D eigenvalue weighted by molar-refractivity contribution is 8.93. The first-order valence-electron chi connectivity index (χ1n) is 5.67. The fourth-order valence-corrected chi connectivity index (χ4v) is 2.05. The molecule has 0 aliphatic carbocycles. The number of hydrogen-bond donors (Lipinski definition) is 1. The molecule has 0 aromatic heterocycles. The summed E-state index contributed by atoms with van der Waals surface area (Å²) in [6.45, 7) is 2.12. The average Bonchev–Trinajstić information content (AvgIpc) is 2.40. The van der Waals surface area contributed by atoms with Crippen molar-refractivity contribution >= 4 is 17.0 Å². The molecule has 2 rings (SSSR count). The van der Waals surface area contributed by atoms with E-state index in [0.717, 1.165) is 6.42 Å². The Kier molecular flexibility index (Phi) is 4.91. The third-order valence-electron chi connectivity index (χ3n) is 3.14. The number of rotatable bonds is 3. The molecule has 2 aromatic rings. The number of halogens is 1. The van der Waals surface area contributed by atoms with E-state index in [1.807, 2.05) is 36.4 Å². The molecule has 0 saturated heterocycles. The van der Waals surface area contributed by atoms with Gasteiger partial charge >= 0.3 is 0 Å². The van der Waals surface area contributed by atoms with Gasteiger partial charge in [-0.25, -0.2) is 0 Å². The molecule has 0 radical (unpaired) electrons. The van der Waals surface area contributed by atoms with Gasteiger partial charge in [-0.05, 0) is 17.5 Å². The third-order valence-corrected chi connectivity index (χ3v) is 3.14. The van der Waals surface area contributed by atoms with E-state index in [4.69, 9.17) is 5.73 Å². The summed E-state index contributed by atoms with van der Waals surface area (Å²) < 4.78 is 0. The molecule has 0 spiro atoms. The fourth-order valence-electron chi connectivity index (χ4n) is 2.05. The minimum absolute atomic E-state index is 0. The molecular weight excluding hydrogens is 274 g/mol. The first kappa shape index (κ1) is 13.9. The topological polar surface area (TPSA) is 26.0 Å². The Morgan fingerprint density at radius 3 is 1.47 bits per heavy atom. The van der Waals surface area contributed by atoms with E-state index in [1.54, 1.807) is 0 Å². The SMILES string of the molecule is Br.CCC(N)(c1ccccc1)c1ccccc1. The second kappa shape index (κ2) is 5.99. The van der Waals surface area contributed by atoms with Crippen molar-refractivity contribution in [3.05, 3.63) is 71.8 Å². The molecule has 0 fully saturated rings. The summed E-state index contributed by atoms with van der Waals surface area (Å²) in [4.78, 5) is 0. The van der Waals surface area contributed by atoms with Gasteiger partial charge in [0.1, 0.15) is 0 Å². The molecule has 0 aliphatic heterocycles. The van der Waals surface area contributed by atoms with Crippen LogP contribution in [0.25, 0.3) is 0 Å². The summed E-state index contributed by atoms with van der Waals surface area (Å²) in [6.07, 6.45) is 0.890. The zero-order valence-corrected chi connectivity index (χ0v) is 11.7. The second-order valence-corrected chi connectivity index (χ2v) is 4.06. The van der Waals surface area contributed by atoms with Gasteiger partial charge in [0.15, 0.2) is 0 Å². The molecule has 0 amide bonds. The van der Waals surface area contributed by atoms with Crippen LogP contribution in [-0.2, 0) is 5.54 Å². The summed E-state index contributed by atoms with van der Waals surface area (Å²) in [6, 6.07) is 20.6. The van der Waals surface area contributed by atoms with Crippen LogP contribution in [-0.4, -0.2) is 0 Å². The van der Waals surface area contributed by atoms with Crippen LogP contribution in [0.2, 0.25) is 0 Å². The maximum atomic E-state index is 6.54. The van der Waals surface area contributed by atoms with Crippen molar-refractivity contribution in [3.8, 4) is 0 Å². The van der Waals surface area contributed by atoms with Crippen molar-refractivity contribution < 1.29 is 0 Å². The molecule has 2 heteroatoms. The predicted octanol–water partition coefficient (Wildman–Crippen LogP) is 3.88. The van der Waals surface area contributed by atoms with E-state index in [9.17, 15) is 0 Å². The van der Waals surface area contributed by atoms with Crippen molar-refractivity contribution in [2.45, 2.75) is 18.9 Å². The summed E-state index contributed by atoms with van der Waals surface area (Å²) >= 11 is 0. The summed E-state index contributed by atoms with van der Waals surface area (Å²) in [5, 5.41) is 0. The van der Waals surface area contributed by atoms with E-state index in [-0.39, 0.29) is 22.5 Å². The van der Waals surface area contributed by atoms with Crippen LogP contribution in [0.4, 0.5) is 0 Å². The van der Waals surface area contributed by atoms with Crippen molar-refractivity contribution in [1.82, 2.24) is 0 Å². The average molecular weight is 292 g/mol. The predicted molar refractivity (Wildman–Crippen MR) is 78.5 cm³/mol. The Labute approximate surface area is 113 Å². The summed E-state index contributed by atoms with van der Waals surface area (Å²) in [5.41, 5.74) is 8.51. The lowest BCUT2D eigenvalue weighted by Crippen LogP contribution is -2.37. The smallest absolute Gasteiger partial charge is 0.0662 e. The first-order valence-corrected chi connectivity index (χ1v) is 5.67. The lowest BCUT2D eigenvalue weighted by Gasteiger charge is -2.29. The largest absolute Gasteiger partial charge is 0.318 e. The number of benzene rings is 2. The van der Waals surface area contributed by atoms with Gasteiger partial charge in [-0.3, -0.25) is 0 Å². The zero-order chi connectivity index (χ0) is 11.4. The van der Waals surface area contributed by atoms with Gasteiger partial charge in [0.25, 0.3) is 0 Å². The second-order valence-electron chi connectivity index (χ2n) is 4.06. The normalized spacial score (nSPS) is 10.7. The monoisotopic (exact) mass is 291 g/mol. The van der Waals surface area contributed by atoms with Crippen LogP contribution < -0.4 is 5.73 Å². The van der Waals surface area contributed by atoms with Gasteiger partial charge < -0.3 is 5.73 Å². The lowest BCUT2D eigenvalue weighted by molar-refractivity contribution is 0.519. The molecule has 2 N–H and O–H groups in total. The standard InChI is InChI=1S/C15H17N.BrH/c1-2-15(16,13-9-5-3-6-10-13)14-11-7-4-8-12-14;/h3-12H,2,16H2,1H3;1H. The van der Waals surface area contributed by atoms with Crippen LogP contribution in [0.1, 0.15) is 24.5 Å². The van der Waals surface area contributed by atoms with Gasteiger partial charge in [-0.15, -0.1) is 17.0 Å². The molecule has 90 valence electrons. The third kappa shape index (κ3) is 2.76. The fraction of sp³-hybridized carbons (Fsp3) is 0.200. The quantitative estimate of drug-likeness (QED) is 0.913. The molecule has 1 nitrogen and oxygen atoms in total. The van der Waals surface area contributed by atoms with Crippen LogP contribution in [0, 0.1) is 0 Å². The Morgan fingerprint density at radius 2 is 1.18 bits per heavy atom. The minimum Gasteiger partial charge on any atom is -0.318 e. The van der Waals surface area contributed by atoms with Crippen LogP contribution in [0.5, 0.6) is 0 Å². The van der Waals surface area contributed by atoms with E-state index >= 15 is 0 Å². The van der Waals surface area contributed by atoms with E-state index < -0.39 is 0 Å². The van der Waals surface area contributed by atoms with Crippen molar-refractivity contribution in [2.75, 3.05) is 0 Å². The highest BCUT2D eigenvalue weighted by Crippen LogP contribution is 2.29. The van der Waals surface area contributed by atoms with Gasteiger partial charge in [0, 0.05) is 0 Å². The van der Waals surface area contributed by atoms with E-state index in [0.29, 0.717) is 0 Å². The molecule has 17 heavy (non-hydrogen) atoms. The summed E-state index contributed by atoms with van der Waals surface area (Å²) in [7, 11) is 0. The van der Waals surface area contributed by atoms with E-state index in [2.05, 4.69) is 31.2 Å². The number of nitrogens with two attached hydrogens (primary N) is 1. The lowest BCUT2D eigenvalue weighted by atomic mass is 9.82. The van der Waals surface area contributed by atoms with Gasteiger partial charge in [0.2, 0.25) is 0 Å². The Balaban J connectivity index is 0.00000144. The molecular formula is C15H18BrN. The number of hydrogen-bond acceptors (Lipinski definition) is 1. The minimum atomic E-state index is -0.372.